The molecule has 4 rings (SSSR count). The third kappa shape index (κ3) is 3.78. The first kappa shape index (κ1) is 20.4. The van der Waals surface area contributed by atoms with Crippen molar-refractivity contribution in [3.63, 3.8) is 0 Å². The summed E-state index contributed by atoms with van der Waals surface area (Å²) in [6, 6.07) is 11.8. The molecule has 0 spiro atoms. The van der Waals surface area contributed by atoms with Gasteiger partial charge in [0.2, 0.25) is 0 Å². The highest BCUT2D eigenvalue weighted by Crippen LogP contribution is 2.34. The number of thioether (sulfide) groups is 1. The van der Waals surface area contributed by atoms with Gasteiger partial charge < -0.3 is 0 Å². The van der Waals surface area contributed by atoms with Crippen LogP contribution in [0.25, 0.3) is 5.70 Å². The molecule has 8 nitrogen and oxygen atoms in total. The minimum atomic E-state index is -0.723. The Morgan fingerprint density at radius 2 is 2.10 bits per heavy atom. The lowest BCUT2D eigenvalue weighted by molar-refractivity contribution is -0.384. The SMILES string of the molecule is CCCCSC1=NN2C(=c3ccccc3=NC2c2ccc(Cl)c([N+](=O)[O-])c2)C(=O)N1. The van der Waals surface area contributed by atoms with Crippen LogP contribution in [-0.2, 0) is 4.79 Å². The summed E-state index contributed by atoms with van der Waals surface area (Å²) in [6.07, 6.45) is 1.31. The van der Waals surface area contributed by atoms with Gasteiger partial charge in [-0.3, -0.25) is 25.2 Å². The number of nitro benzene ring substituents is 1. The molecule has 154 valence electrons. The summed E-state index contributed by atoms with van der Waals surface area (Å²) < 4.78 is 0. The standard InChI is InChI=1S/C20H18ClN5O3S/c1-2-3-10-30-20-23-19(27)17-13-6-4-5-7-15(13)22-18(25(17)24-20)12-8-9-14(21)16(11-12)26(28)29/h4-9,11,18H,2-3,10H2,1H3,(H,23,24,27). The molecule has 0 saturated carbocycles. The van der Waals surface area contributed by atoms with Crippen molar-refractivity contribution in [3.05, 3.63) is 73.7 Å². The Morgan fingerprint density at radius 3 is 2.87 bits per heavy atom. The molecular weight excluding hydrogens is 426 g/mol. The molecule has 2 aromatic carbocycles. The molecule has 10 heteroatoms. The van der Waals surface area contributed by atoms with E-state index in [1.807, 2.05) is 18.2 Å². The highest BCUT2D eigenvalue weighted by atomic mass is 35.5. The third-order valence-electron chi connectivity index (χ3n) is 4.72. The number of fused-ring (bicyclic) bond motifs is 2. The van der Waals surface area contributed by atoms with Gasteiger partial charge in [-0.1, -0.05) is 61.0 Å². The molecule has 2 aromatic rings. The fourth-order valence-corrected chi connectivity index (χ4v) is 4.38. The second-order valence-electron chi connectivity index (χ2n) is 6.74. The zero-order chi connectivity index (χ0) is 21.3. The van der Waals surface area contributed by atoms with E-state index in [0.29, 0.717) is 27.0 Å². The van der Waals surface area contributed by atoms with Gasteiger partial charge in [-0.05, 0) is 18.6 Å². The van der Waals surface area contributed by atoms with E-state index in [-0.39, 0.29) is 16.6 Å². The molecule has 30 heavy (non-hydrogen) atoms. The number of amides is 1. The number of carbonyl (C=O) groups excluding carboxylic acids is 1. The van der Waals surface area contributed by atoms with E-state index in [2.05, 4.69) is 17.3 Å². The molecule has 0 fully saturated rings. The number of unbranched alkanes of at least 4 members (excludes halogenated alkanes) is 1. The molecule has 1 atom stereocenters. The van der Waals surface area contributed by atoms with E-state index in [9.17, 15) is 14.9 Å². The summed E-state index contributed by atoms with van der Waals surface area (Å²) in [5.41, 5.74) is 0.672. The molecule has 0 radical (unpaired) electrons. The normalized spacial score (nSPS) is 17.5. The Morgan fingerprint density at radius 1 is 1.30 bits per heavy atom. The van der Waals surface area contributed by atoms with E-state index in [1.54, 1.807) is 17.1 Å². The molecule has 0 aliphatic carbocycles. The van der Waals surface area contributed by atoms with Crippen molar-refractivity contribution >= 4 is 45.8 Å². The molecule has 1 N–H and O–H groups in total. The Kier molecular flexibility index (Phi) is 5.74. The van der Waals surface area contributed by atoms with Gasteiger partial charge in [-0.15, -0.1) is 5.10 Å². The maximum atomic E-state index is 13.0. The second-order valence-corrected chi connectivity index (χ2v) is 8.23. The van der Waals surface area contributed by atoms with Gasteiger partial charge in [0, 0.05) is 22.6 Å². The molecule has 0 bridgehead atoms. The summed E-state index contributed by atoms with van der Waals surface area (Å²) in [5.74, 6) is 0.545. The Hall–Kier alpha value is -2.91. The van der Waals surface area contributed by atoms with Crippen LogP contribution in [0.2, 0.25) is 5.02 Å². The van der Waals surface area contributed by atoms with Crippen molar-refractivity contribution in [3.8, 4) is 0 Å². The molecule has 2 aliphatic heterocycles. The third-order valence-corrected chi connectivity index (χ3v) is 5.99. The van der Waals surface area contributed by atoms with E-state index in [4.69, 9.17) is 16.6 Å². The first-order chi connectivity index (χ1) is 14.5. The van der Waals surface area contributed by atoms with Crippen LogP contribution in [0.1, 0.15) is 31.5 Å². The van der Waals surface area contributed by atoms with Crippen LogP contribution in [0.5, 0.6) is 0 Å². The number of benzene rings is 2. The minimum absolute atomic E-state index is 0.0415. The van der Waals surface area contributed by atoms with E-state index >= 15 is 0 Å². The maximum Gasteiger partial charge on any atom is 0.288 e. The topological polar surface area (TPSA) is 100 Å². The smallest absolute Gasteiger partial charge is 0.288 e. The number of hydrazone groups is 1. The maximum absolute atomic E-state index is 13.0. The number of nitrogens with one attached hydrogen (secondary N) is 1. The van der Waals surface area contributed by atoms with Crippen molar-refractivity contribution in [1.82, 2.24) is 10.3 Å². The summed E-state index contributed by atoms with van der Waals surface area (Å²) in [4.78, 5) is 28.6. The van der Waals surface area contributed by atoms with Gasteiger partial charge in [-0.2, -0.15) is 0 Å². The zero-order valence-corrected chi connectivity index (χ0v) is 17.6. The second kappa shape index (κ2) is 8.45. The molecule has 1 unspecified atom stereocenters. The van der Waals surface area contributed by atoms with Crippen LogP contribution in [0, 0.1) is 10.1 Å². The lowest BCUT2D eigenvalue weighted by Crippen LogP contribution is -2.50. The molecule has 2 heterocycles. The minimum Gasteiger partial charge on any atom is -0.298 e. The number of rotatable bonds is 5. The van der Waals surface area contributed by atoms with Crippen LogP contribution >= 0.6 is 23.4 Å². The summed E-state index contributed by atoms with van der Waals surface area (Å²) in [5, 5.41) is 22.2. The zero-order valence-electron chi connectivity index (χ0n) is 16.0. The van der Waals surface area contributed by atoms with Gasteiger partial charge in [0.1, 0.15) is 10.7 Å². The van der Waals surface area contributed by atoms with Crippen LogP contribution in [0.3, 0.4) is 0 Å². The molecule has 0 aromatic heterocycles. The van der Waals surface area contributed by atoms with Gasteiger partial charge in [0.25, 0.3) is 11.6 Å². The summed E-state index contributed by atoms with van der Waals surface area (Å²) >= 11 is 7.44. The van der Waals surface area contributed by atoms with Gasteiger partial charge in [0.05, 0.1) is 10.3 Å². The highest BCUT2D eigenvalue weighted by molar-refractivity contribution is 8.13. The number of hydrogen-bond acceptors (Lipinski definition) is 7. The number of para-hydroxylation sites is 1. The van der Waals surface area contributed by atoms with Crippen molar-refractivity contribution in [2.75, 3.05) is 5.75 Å². The Balaban J connectivity index is 1.86. The van der Waals surface area contributed by atoms with Crippen LogP contribution in [0.4, 0.5) is 5.69 Å². The predicted octanol–water partition coefficient (Wildman–Crippen LogP) is 2.92. The Bertz CT molecular complexity index is 1180. The van der Waals surface area contributed by atoms with Gasteiger partial charge in [-0.25, -0.2) is 5.01 Å². The van der Waals surface area contributed by atoms with Gasteiger partial charge in [0.15, 0.2) is 11.3 Å². The number of nitrogens with zero attached hydrogens (tertiary/aromatic N) is 4. The lowest BCUT2D eigenvalue weighted by Gasteiger charge is -2.34. The van der Waals surface area contributed by atoms with Crippen molar-refractivity contribution in [2.45, 2.75) is 25.9 Å². The van der Waals surface area contributed by atoms with E-state index < -0.39 is 11.1 Å². The first-order valence-corrected chi connectivity index (χ1v) is 10.8. The number of carbonyl (C=O) groups is 1. The fourth-order valence-electron chi connectivity index (χ4n) is 3.25. The quantitative estimate of drug-likeness (QED) is 0.435. The average molecular weight is 444 g/mol. The van der Waals surface area contributed by atoms with Crippen LogP contribution in [-0.4, -0.2) is 26.8 Å². The van der Waals surface area contributed by atoms with E-state index in [0.717, 1.165) is 18.6 Å². The van der Waals surface area contributed by atoms with Crippen molar-refractivity contribution in [2.24, 2.45) is 10.1 Å². The van der Waals surface area contributed by atoms with Crippen LogP contribution in [0.15, 0.2) is 52.6 Å². The van der Waals surface area contributed by atoms with Crippen LogP contribution < -0.4 is 15.9 Å². The fraction of sp³-hybridized carbons (Fsp3) is 0.250. The molecule has 2 aliphatic rings. The first-order valence-electron chi connectivity index (χ1n) is 9.42. The number of nitro groups is 1. The monoisotopic (exact) mass is 443 g/mol. The number of amidine groups is 1. The molecule has 0 saturated heterocycles. The van der Waals surface area contributed by atoms with Gasteiger partial charge >= 0.3 is 0 Å². The Labute approximate surface area is 181 Å². The largest absolute Gasteiger partial charge is 0.298 e. The van der Waals surface area contributed by atoms with E-state index in [1.165, 1.54) is 23.9 Å². The lowest BCUT2D eigenvalue weighted by atomic mass is 10.1. The van der Waals surface area contributed by atoms with Crippen molar-refractivity contribution < 1.29 is 9.72 Å². The molecule has 1 amide bonds. The average Bonchev–Trinajstić information content (AvgIpc) is 2.73. The molecular formula is C20H18ClN5O3S. The highest BCUT2D eigenvalue weighted by Gasteiger charge is 2.35. The predicted molar refractivity (Wildman–Crippen MR) is 116 cm³/mol. The number of halogens is 1. The summed E-state index contributed by atoms with van der Waals surface area (Å²) in [6.45, 7) is 2.09. The number of hydrogen-bond donors (Lipinski definition) is 1. The summed E-state index contributed by atoms with van der Waals surface area (Å²) in [7, 11) is 0. The van der Waals surface area contributed by atoms with Crippen molar-refractivity contribution in [1.29, 1.82) is 0 Å².